The van der Waals surface area contributed by atoms with Gasteiger partial charge in [-0.25, -0.2) is 17.8 Å². The van der Waals surface area contributed by atoms with Crippen LogP contribution < -0.4 is 0 Å². The fraction of sp³-hybridized carbons (Fsp3) is 0.250. The standard InChI is InChI=1S/C16H14FN3O3S/c17-12-3-1-11(2-4-12)16-7-14(21)10-20(16)24(22,23)15-6-5-13(8-18)19-9-15/h1-6,9,14,16,21H,7,10H2/t14-,16-/m1/s1. The normalized spacial score (nSPS) is 21.5. The Labute approximate surface area is 138 Å². The Morgan fingerprint density at radius 3 is 2.54 bits per heavy atom. The molecule has 8 heteroatoms. The van der Waals surface area contributed by atoms with E-state index in [0.717, 1.165) is 6.20 Å². The number of benzene rings is 1. The molecule has 24 heavy (non-hydrogen) atoms. The number of pyridine rings is 1. The fourth-order valence-electron chi connectivity index (χ4n) is 2.77. The SMILES string of the molecule is N#Cc1ccc(S(=O)(=O)N2C[C@H](O)C[C@@H]2c2ccc(F)cc2)cn1. The predicted octanol–water partition coefficient (Wildman–Crippen LogP) is 1.59. The quantitative estimate of drug-likeness (QED) is 0.910. The molecule has 124 valence electrons. The number of rotatable bonds is 3. The molecular formula is C16H14FN3O3S. The Morgan fingerprint density at radius 2 is 1.96 bits per heavy atom. The van der Waals surface area contributed by atoms with Gasteiger partial charge in [-0.15, -0.1) is 0 Å². The molecule has 1 saturated heterocycles. The molecular weight excluding hydrogens is 333 g/mol. The van der Waals surface area contributed by atoms with Gasteiger partial charge in [0.25, 0.3) is 0 Å². The molecule has 2 heterocycles. The van der Waals surface area contributed by atoms with Gasteiger partial charge in [-0.1, -0.05) is 12.1 Å². The van der Waals surface area contributed by atoms with Crippen molar-refractivity contribution in [3.8, 4) is 6.07 Å². The smallest absolute Gasteiger partial charge is 0.245 e. The van der Waals surface area contributed by atoms with Crippen molar-refractivity contribution in [2.45, 2.75) is 23.5 Å². The lowest BCUT2D eigenvalue weighted by Crippen LogP contribution is -2.32. The van der Waals surface area contributed by atoms with Crippen LogP contribution in [0.4, 0.5) is 4.39 Å². The van der Waals surface area contributed by atoms with E-state index in [0.29, 0.717) is 5.56 Å². The first-order valence-electron chi connectivity index (χ1n) is 7.23. The van der Waals surface area contributed by atoms with Crippen molar-refractivity contribution in [3.05, 3.63) is 59.7 Å². The number of sulfonamides is 1. The summed E-state index contributed by atoms with van der Waals surface area (Å²) >= 11 is 0. The second-order valence-corrected chi connectivity index (χ2v) is 7.41. The van der Waals surface area contributed by atoms with Crippen molar-refractivity contribution < 1.29 is 17.9 Å². The van der Waals surface area contributed by atoms with Gasteiger partial charge in [0, 0.05) is 12.7 Å². The van der Waals surface area contributed by atoms with Gasteiger partial charge >= 0.3 is 0 Å². The average Bonchev–Trinajstić information content (AvgIpc) is 2.98. The molecule has 3 rings (SSSR count). The first-order valence-corrected chi connectivity index (χ1v) is 8.67. The molecule has 0 unspecified atom stereocenters. The first-order chi connectivity index (χ1) is 11.4. The predicted molar refractivity (Wildman–Crippen MR) is 82.6 cm³/mol. The largest absolute Gasteiger partial charge is 0.392 e. The molecule has 1 N–H and O–H groups in total. The maximum absolute atomic E-state index is 13.1. The maximum atomic E-state index is 13.1. The zero-order chi connectivity index (χ0) is 17.3. The molecule has 0 saturated carbocycles. The van der Waals surface area contributed by atoms with Crippen LogP contribution in [0.25, 0.3) is 0 Å². The maximum Gasteiger partial charge on any atom is 0.245 e. The van der Waals surface area contributed by atoms with E-state index in [1.54, 1.807) is 0 Å². The monoisotopic (exact) mass is 347 g/mol. The van der Waals surface area contributed by atoms with Crippen LogP contribution in [-0.2, 0) is 10.0 Å². The Balaban J connectivity index is 1.98. The molecule has 0 bridgehead atoms. The number of nitrogens with zero attached hydrogens (tertiary/aromatic N) is 3. The third-order valence-corrected chi connectivity index (χ3v) is 5.80. The van der Waals surface area contributed by atoms with Gasteiger partial charge in [0.05, 0.1) is 12.1 Å². The Kier molecular flexibility index (Phi) is 4.32. The van der Waals surface area contributed by atoms with Crippen molar-refractivity contribution in [1.82, 2.24) is 9.29 Å². The second kappa shape index (κ2) is 6.28. The number of β-amino-alcohol motifs (C(OH)–C–C–N with tert-alkyl or cyclic N) is 1. The Morgan fingerprint density at radius 1 is 1.25 bits per heavy atom. The minimum atomic E-state index is -3.90. The van der Waals surface area contributed by atoms with Crippen molar-refractivity contribution in [2.24, 2.45) is 0 Å². The first kappa shape index (κ1) is 16.5. The van der Waals surface area contributed by atoms with E-state index < -0.39 is 28.0 Å². The van der Waals surface area contributed by atoms with Crippen LogP contribution in [0.1, 0.15) is 23.7 Å². The second-order valence-electron chi connectivity index (χ2n) is 5.52. The van der Waals surface area contributed by atoms with Crippen molar-refractivity contribution >= 4 is 10.0 Å². The van der Waals surface area contributed by atoms with Crippen LogP contribution in [0.2, 0.25) is 0 Å². The van der Waals surface area contributed by atoms with Gasteiger partial charge in [-0.3, -0.25) is 0 Å². The number of aromatic nitrogens is 1. The summed E-state index contributed by atoms with van der Waals surface area (Å²) in [7, 11) is -3.90. The lowest BCUT2D eigenvalue weighted by Gasteiger charge is -2.24. The van der Waals surface area contributed by atoms with Crippen LogP contribution in [0, 0.1) is 17.1 Å². The van der Waals surface area contributed by atoms with Crippen LogP contribution in [0.3, 0.4) is 0 Å². The average molecular weight is 347 g/mol. The van der Waals surface area contributed by atoms with E-state index in [1.165, 1.54) is 40.7 Å². The highest BCUT2D eigenvalue weighted by atomic mass is 32.2. The van der Waals surface area contributed by atoms with Gasteiger partial charge in [0.15, 0.2) is 0 Å². The van der Waals surface area contributed by atoms with Gasteiger partial charge in [-0.2, -0.15) is 9.57 Å². The molecule has 0 aliphatic carbocycles. The molecule has 1 aliphatic heterocycles. The summed E-state index contributed by atoms with van der Waals surface area (Å²) in [6, 6.07) is 9.42. The van der Waals surface area contributed by atoms with Gasteiger partial charge in [0.2, 0.25) is 10.0 Å². The molecule has 1 aromatic carbocycles. The minimum Gasteiger partial charge on any atom is -0.392 e. The highest BCUT2D eigenvalue weighted by Gasteiger charge is 2.40. The summed E-state index contributed by atoms with van der Waals surface area (Å²) in [6.07, 6.45) is 0.552. The number of hydrogen-bond acceptors (Lipinski definition) is 5. The number of halogens is 1. The summed E-state index contributed by atoms with van der Waals surface area (Å²) in [5.74, 6) is -0.414. The van der Waals surface area contributed by atoms with Crippen LogP contribution in [0.15, 0.2) is 47.5 Å². The molecule has 1 aliphatic rings. The van der Waals surface area contributed by atoms with Crippen LogP contribution in [0.5, 0.6) is 0 Å². The number of aliphatic hydroxyl groups is 1. The van der Waals surface area contributed by atoms with E-state index in [-0.39, 0.29) is 23.6 Å². The number of hydrogen-bond donors (Lipinski definition) is 1. The van der Waals surface area contributed by atoms with E-state index in [9.17, 15) is 17.9 Å². The van der Waals surface area contributed by atoms with Gasteiger partial charge in [0.1, 0.15) is 22.5 Å². The third-order valence-electron chi connectivity index (χ3n) is 3.95. The molecule has 0 spiro atoms. The Bertz CT molecular complexity index is 876. The summed E-state index contributed by atoms with van der Waals surface area (Å²) in [5.41, 5.74) is 0.726. The highest BCUT2D eigenvalue weighted by Crippen LogP contribution is 2.36. The molecule has 0 amide bonds. The fourth-order valence-corrected chi connectivity index (χ4v) is 4.38. The van der Waals surface area contributed by atoms with E-state index >= 15 is 0 Å². The van der Waals surface area contributed by atoms with Crippen molar-refractivity contribution in [1.29, 1.82) is 5.26 Å². The highest BCUT2D eigenvalue weighted by molar-refractivity contribution is 7.89. The van der Waals surface area contributed by atoms with Gasteiger partial charge in [-0.05, 0) is 36.2 Å². The number of nitriles is 1. The zero-order valence-electron chi connectivity index (χ0n) is 12.5. The molecule has 2 atom stereocenters. The van der Waals surface area contributed by atoms with Crippen molar-refractivity contribution in [3.63, 3.8) is 0 Å². The van der Waals surface area contributed by atoms with Crippen LogP contribution in [-0.4, -0.2) is 35.5 Å². The molecule has 1 aromatic heterocycles. The summed E-state index contributed by atoms with van der Waals surface area (Å²) in [4.78, 5) is 3.73. The molecule has 6 nitrogen and oxygen atoms in total. The topological polar surface area (TPSA) is 94.3 Å². The molecule has 2 aromatic rings. The van der Waals surface area contributed by atoms with Gasteiger partial charge < -0.3 is 5.11 Å². The zero-order valence-corrected chi connectivity index (χ0v) is 13.3. The van der Waals surface area contributed by atoms with E-state index in [2.05, 4.69) is 4.98 Å². The van der Waals surface area contributed by atoms with E-state index in [1.807, 2.05) is 6.07 Å². The minimum absolute atomic E-state index is 0.0512. The van der Waals surface area contributed by atoms with E-state index in [4.69, 9.17) is 5.26 Å². The third kappa shape index (κ3) is 3.01. The van der Waals surface area contributed by atoms with Crippen LogP contribution >= 0.6 is 0 Å². The molecule has 0 radical (unpaired) electrons. The van der Waals surface area contributed by atoms with Crippen molar-refractivity contribution in [2.75, 3.05) is 6.54 Å². The lowest BCUT2D eigenvalue weighted by molar-refractivity contribution is 0.188. The number of aliphatic hydroxyl groups excluding tert-OH is 1. The Hall–Kier alpha value is -2.34. The molecule has 1 fully saturated rings. The summed E-state index contributed by atoms with van der Waals surface area (Å²) in [6.45, 7) is -0.0512. The summed E-state index contributed by atoms with van der Waals surface area (Å²) < 4.78 is 40.0. The lowest BCUT2D eigenvalue weighted by atomic mass is 10.0. The summed E-state index contributed by atoms with van der Waals surface area (Å²) in [5, 5.41) is 18.7.